The average Bonchev–Trinajstić information content (AvgIpc) is 3.40. The van der Waals surface area contributed by atoms with Crippen LogP contribution in [0.25, 0.3) is 0 Å². The van der Waals surface area contributed by atoms with E-state index in [0.29, 0.717) is 107 Å². The summed E-state index contributed by atoms with van der Waals surface area (Å²) < 4.78 is 44.2. The minimum Gasteiger partial charge on any atom is -0.494 e. The molecule has 2 aliphatic rings. The first-order valence-electron chi connectivity index (χ1n) is 25.5. The number of aldehydes is 1. The molecule has 2 fully saturated rings. The van der Waals surface area contributed by atoms with E-state index in [9.17, 15) is 33.6 Å². The number of ether oxygens (including phenoxy) is 8. The van der Waals surface area contributed by atoms with Crippen LogP contribution in [0.3, 0.4) is 0 Å². The van der Waals surface area contributed by atoms with Crippen molar-refractivity contribution in [2.75, 3.05) is 26.4 Å². The molecule has 3 aromatic rings. The molecule has 3 aromatic carbocycles. The topological polar surface area (TPSA) is 193 Å². The molecule has 0 unspecified atom stereocenters. The van der Waals surface area contributed by atoms with Gasteiger partial charge in [0.2, 0.25) is 0 Å². The summed E-state index contributed by atoms with van der Waals surface area (Å²) in [6.45, 7) is 8.75. The van der Waals surface area contributed by atoms with Crippen LogP contribution in [-0.2, 0) is 38.2 Å². The Labute approximate surface area is 422 Å². The van der Waals surface area contributed by atoms with Gasteiger partial charge >= 0.3 is 35.8 Å². The predicted molar refractivity (Wildman–Crippen MR) is 267 cm³/mol. The summed E-state index contributed by atoms with van der Waals surface area (Å²) in [6.07, 6.45) is 18.2. The molecule has 72 heavy (non-hydrogen) atoms. The van der Waals surface area contributed by atoms with Crippen LogP contribution in [0.2, 0.25) is 0 Å². The molecule has 0 bridgehead atoms. The van der Waals surface area contributed by atoms with Crippen molar-refractivity contribution in [2.45, 2.75) is 128 Å². The second-order valence-electron chi connectivity index (χ2n) is 18.2. The van der Waals surface area contributed by atoms with E-state index >= 15 is 0 Å². The number of carbonyl (C=O) groups excluding carboxylic acids is 7. The molecule has 0 aromatic heterocycles. The Balaban J connectivity index is 0.924. The summed E-state index contributed by atoms with van der Waals surface area (Å²) in [6, 6.07) is 18.1. The number of benzene rings is 3. The monoisotopic (exact) mass is 994 g/mol. The second kappa shape index (κ2) is 31.5. The molecule has 2 saturated carbocycles. The zero-order chi connectivity index (χ0) is 51.3. The van der Waals surface area contributed by atoms with Crippen LogP contribution >= 0.6 is 0 Å². The minimum atomic E-state index is -0.510. The lowest BCUT2D eigenvalue weighted by Crippen LogP contribution is -2.30. The van der Waals surface area contributed by atoms with Crippen molar-refractivity contribution < 1.29 is 71.5 Å². The zero-order valence-electron chi connectivity index (χ0n) is 41.4. The smallest absolute Gasteiger partial charge is 0.330 e. The summed E-state index contributed by atoms with van der Waals surface area (Å²) in [5.74, 6) is -1.76. The summed E-state index contributed by atoms with van der Waals surface area (Å²) >= 11 is 0. The summed E-state index contributed by atoms with van der Waals surface area (Å²) in [5, 5.41) is 0. The van der Waals surface area contributed by atoms with Crippen LogP contribution in [0.4, 0.5) is 0 Å². The van der Waals surface area contributed by atoms with Gasteiger partial charge in [-0.25, -0.2) is 9.59 Å². The molecule has 0 amide bonds. The molecule has 0 atom stereocenters. The largest absolute Gasteiger partial charge is 0.494 e. The summed E-state index contributed by atoms with van der Waals surface area (Å²) in [7, 11) is 0. The SMILES string of the molecule is C=CC(=O)OCCCCCCCCOc1ccc(OC(=O)[C@H]2CC[C@H](C(=O)Oc3ccc(OC(=O)[C@H]4CC[C@H](C(=O)Oc5ccc(OCCCCCCCCOC(=O)C=C)cc5)CC4)c(C=O)c3)CC2)cc1. The van der Waals surface area contributed by atoms with Crippen molar-refractivity contribution in [1.29, 1.82) is 0 Å². The van der Waals surface area contributed by atoms with Gasteiger partial charge in [-0.3, -0.25) is 24.0 Å². The molecule has 0 spiro atoms. The molecule has 5 rings (SSSR count). The third kappa shape index (κ3) is 20.2. The van der Waals surface area contributed by atoms with Gasteiger partial charge in [-0.1, -0.05) is 64.5 Å². The van der Waals surface area contributed by atoms with Gasteiger partial charge in [0.15, 0.2) is 6.29 Å². The maximum absolute atomic E-state index is 13.2. The van der Waals surface area contributed by atoms with E-state index in [4.69, 9.17) is 37.9 Å². The Kier molecular flexibility index (Phi) is 24.6. The van der Waals surface area contributed by atoms with E-state index in [0.717, 1.165) is 77.0 Å². The van der Waals surface area contributed by atoms with Crippen LogP contribution in [0, 0.1) is 23.7 Å². The standard InChI is InChI=1S/C57H70O15/c1-3-52(59)67-37-15-11-7-5-9-13-35-65-46-25-29-48(30-26-46)69-54(61)41-17-19-43(20-18-41)56(63)71-50-33-34-51(45(39-50)40-58)72-57(64)44-23-21-42(22-24-44)55(62)70-49-31-27-47(28-32-49)66-36-14-10-6-8-12-16-38-68-53(60)4-2/h3-4,25-34,39-44H,1-2,5-24,35-38H2/t41-,42-,43-,44-. The molecule has 388 valence electrons. The van der Waals surface area contributed by atoms with Gasteiger partial charge < -0.3 is 37.9 Å². The van der Waals surface area contributed by atoms with E-state index in [1.54, 1.807) is 48.5 Å². The van der Waals surface area contributed by atoms with Crippen LogP contribution in [-0.4, -0.2) is 68.5 Å². The molecular weight excluding hydrogens is 925 g/mol. The highest BCUT2D eigenvalue weighted by Crippen LogP contribution is 2.35. The second-order valence-corrected chi connectivity index (χ2v) is 18.2. The van der Waals surface area contributed by atoms with Gasteiger partial charge in [-0.05, 0) is 144 Å². The van der Waals surface area contributed by atoms with Crippen molar-refractivity contribution >= 4 is 42.1 Å². The molecule has 0 N–H and O–H groups in total. The Morgan fingerprint density at radius 1 is 0.403 bits per heavy atom. The van der Waals surface area contributed by atoms with Gasteiger partial charge in [0.05, 0.1) is 55.7 Å². The van der Waals surface area contributed by atoms with Gasteiger partial charge in [-0.2, -0.15) is 0 Å². The Bertz CT molecular complexity index is 2220. The highest BCUT2D eigenvalue weighted by molar-refractivity contribution is 5.85. The van der Waals surface area contributed by atoms with Crippen molar-refractivity contribution in [3.8, 4) is 34.5 Å². The van der Waals surface area contributed by atoms with Crippen LogP contribution in [0.1, 0.15) is 139 Å². The molecular formula is C57H70O15. The van der Waals surface area contributed by atoms with E-state index in [2.05, 4.69) is 13.2 Å². The fourth-order valence-electron chi connectivity index (χ4n) is 8.57. The van der Waals surface area contributed by atoms with E-state index in [1.807, 2.05) is 0 Å². The first-order chi connectivity index (χ1) is 35.0. The number of esters is 6. The highest BCUT2D eigenvalue weighted by atomic mass is 16.6. The Morgan fingerprint density at radius 2 is 0.708 bits per heavy atom. The van der Waals surface area contributed by atoms with Crippen LogP contribution in [0.5, 0.6) is 34.5 Å². The highest BCUT2D eigenvalue weighted by Gasteiger charge is 2.34. The van der Waals surface area contributed by atoms with Crippen molar-refractivity contribution in [2.24, 2.45) is 23.7 Å². The lowest BCUT2D eigenvalue weighted by Gasteiger charge is -2.26. The fraction of sp³-hybridized carbons (Fsp3) is 0.491. The first-order valence-corrected chi connectivity index (χ1v) is 25.5. The average molecular weight is 995 g/mol. The molecule has 0 heterocycles. The number of unbranched alkanes of at least 4 members (excludes halogenated alkanes) is 10. The van der Waals surface area contributed by atoms with Gasteiger partial charge in [0, 0.05) is 12.2 Å². The molecule has 0 radical (unpaired) electrons. The predicted octanol–water partition coefficient (Wildman–Crippen LogP) is 11.0. The maximum atomic E-state index is 13.2. The molecule has 0 saturated heterocycles. The molecule has 15 heteroatoms. The normalized spacial score (nSPS) is 17.3. The van der Waals surface area contributed by atoms with Gasteiger partial charge in [0.25, 0.3) is 0 Å². The lowest BCUT2D eigenvalue weighted by molar-refractivity contribution is -0.145. The Hall–Kier alpha value is -6.77. The number of carbonyl (C=O) groups is 7. The summed E-state index contributed by atoms with van der Waals surface area (Å²) in [5.41, 5.74) is 0.0488. The van der Waals surface area contributed by atoms with Gasteiger partial charge in [-0.15, -0.1) is 0 Å². The number of hydrogen-bond donors (Lipinski definition) is 0. The Morgan fingerprint density at radius 3 is 1.07 bits per heavy atom. The minimum absolute atomic E-state index is 0.0453. The van der Waals surface area contributed by atoms with E-state index in [-0.39, 0.29) is 52.8 Å². The summed E-state index contributed by atoms with van der Waals surface area (Å²) in [4.78, 5) is 86.5. The third-order valence-electron chi connectivity index (χ3n) is 12.8. The molecule has 0 aliphatic heterocycles. The van der Waals surface area contributed by atoms with Crippen molar-refractivity contribution in [3.05, 3.63) is 97.6 Å². The van der Waals surface area contributed by atoms with Crippen molar-refractivity contribution in [1.82, 2.24) is 0 Å². The van der Waals surface area contributed by atoms with Crippen LogP contribution < -0.4 is 28.4 Å². The van der Waals surface area contributed by atoms with Gasteiger partial charge in [0.1, 0.15) is 34.5 Å². The van der Waals surface area contributed by atoms with E-state index < -0.39 is 23.8 Å². The lowest BCUT2D eigenvalue weighted by atomic mass is 9.82. The molecule has 15 nitrogen and oxygen atoms in total. The van der Waals surface area contributed by atoms with Crippen molar-refractivity contribution in [3.63, 3.8) is 0 Å². The van der Waals surface area contributed by atoms with Crippen LogP contribution in [0.15, 0.2) is 92.0 Å². The third-order valence-corrected chi connectivity index (χ3v) is 12.8. The number of hydrogen-bond acceptors (Lipinski definition) is 15. The fourth-order valence-corrected chi connectivity index (χ4v) is 8.57. The maximum Gasteiger partial charge on any atom is 0.330 e. The first kappa shape index (κ1) is 56.1. The number of rotatable bonds is 31. The quantitative estimate of drug-likeness (QED) is 0.0194. The molecule has 2 aliphatic carbocycles. The van der Waals surface area contributed by atoms with E-state index in [1.165, 1.54) is 30.4 Å². The zero-order valence-corrected chi connectivity index (χ0v) is 41.4.